The summed E-state index contributed by atoms with van der Waals surface area (Å²) in [7, 11) is 1.39. The number of esters is 1. The molecule has 1 unspecified atom stereocenters. The highest BCUT2D eigenvalue weighted by atomic mass is 32.1. The van der Waals surface area contributed by atoms with Gasteiger partial charge in [0, 0.05) is 24.6 Å². The van der Waals surface area contributed by atoms with Crippen molar-refractivity contribution in [3.63, 3.8) is 0 Å². The Bertz CT molecular complexity index is 505. The number of nitrogen functional groups attached to an aromatic ring is 1. The zero-order valence-corrected chi connectivity index (χ0v) is 12.4. The Kier molecular flexibility index (Phi) is 3.85. The predicted octanol–water partition coefficient (Wildman–Crippen LogP) is 2.44. The molecule has 1 aromatic rings. The van der Waals surface area contributed by atoms with Crippen molar-refractivity contribution in [3.8, 4) is 0 Å². The molecule has 20 heavy (non-hydrogen) atoms. The van der Waals surface area contributed by atoms with Crippen molar-refractivity contribution in [2.75, 3.05) is 37.9 Å². The molecule has 0 spiro atoms. The van der Waals surface area contributed by atoms with Crippen molar-refractivity contribution < 1.29 is 14.3 Å². The van der Waals surface area contributed by atoms with Crippen LogP contribution in [0.15, 0.2) is 0 Å². The lowest BCUT2D eigenvalue weighted by atomic mass is 10.1. The Labute approximate surface area is 122 Å². The summed E-state index contributed by atoms with van der Waals surface area (Å²) in [5, 5.41) is 4.51. The maximum atomic E-state index is 11.8. The van der Waals surface area contributed by atoms with Gasteiger partial charge in [0.2, 0.25) is 0 Å². The maximum Gasteiger partial charge on any atom is 0.350 e. The van der Waals surface area contributed by atoms with Gasteiger partial charge in [0.1, 0.15) is 4.88 Å². The molecule has 1 aliphatic carbocycles. The highest BCUT2D eigenvalue weighted by Gasteiger charge is 2.33. The first kappa shape index (κ1) is 13.7. The Morgan fingerprint density at radius 2 is 2.30 bits per heavy atom. The minimum absolute atomic E-state index is 0.341. The van der Waals surface area contributed by atoms with E-state index in [2.05, 4.69) is 5.32 Å². The van der Waals surface area contributed by atoms with E-state index in [1.165, 1.54) is 18.4 Å². The van der Waals surface area contributed by atoms with Gasteiger partial charge in [0.15, 0.2) is 0 Å². The van der Waals surface area contributed by atoms with Crippen LogP contribution in [0.4, 0.5) is 10.7 Å². The standard InChI is InChI=1S/C14H20N2O3S/c1-18-14(17)12-11(15)10(9-2-3-9)13(20-12)16-6-8-4-5-19-7-8/h8-9,16H,2-7,15H2,1H3. The monoisotopic (exact) mass is 296 g/mol. The van der Waals surface area contributed by atoms with E-state index >= 15 is 0 Å². The Morgan fingerprint density at radius 1 is 1.50 bits per heavy atom. The lowest BCUT2D eigenvalue weighted by molar-refractivity contribution is 0.0607. The third-order valence-electron chi connectivity index (χ3n) is 3.92. The summed E-state index contributed by atoms with van der Waals surface area (Å²) in [6, 6.07) is 0. The summed E-state index contributed by atoms with van der Waals surface area (Å²) in [5.41, 5.74) is 7.88. The minimum atomic E-state index is -0.341. The average Bonchev–Trinajstić information content (AvgIpc) is 3.03. The van der Waals surface area contributed by atoms with Crippen molar-refractivity contribution in [2.24, 2.45) is 5.92 Å². The number of thiophene rings is 1. The van der Waals surface area contributed by atoms with E-state index in [4.69, 9.17) is 15.2 Å². The number of hydrogen-bond donors (Lipinski definition) is 2. The molecule has 2 aliphatic rings. The molecule has 1 saturated heterocycles. The van der Waals surface area contributed by atoms with Crippen LogP contribution in [0.5, 0.6) is 0 Å². The molecule has 1 aromatic heterocycles. The second-order valence-electron chi connectivity index (χ2n) is 5.46. The van der Waals surface area contributed by atoms with Crippen molar-refractivity contribution in [2.45, 2.75) is 25.2 Å². The summed E-state index contributed by atoms with van der Waals surface area (Å²) >= 11 is 1.42. The molecular weight excluding hydrogens is 276 g/mol. The molecule has 5 nitrogen and oxygen atoms in total. The van der Waals surface area contributed by atoms with Gasteiger partial charge >= 0.3 is 5.97 Å². The topological polar surface area (TPSA) is 73.6 Å². The van der Waals surface area contributed by atoms with Crippen LogP contribution in [0.2, 0.25) is 0 Å². The van der Waals surface area contributed by atoms with Gasteiger partial charge in [-0.3, -0.25) is 0 Å². The van der Waals surface area contributed by atoms with E-state index in [1.54, 1.807) is 0 Å². The van der Waals surface area contributed by atoms with Crippen LogP contribution < -0.4 is 11.1 Å². The highest BCUT2D eigenvalue weighted by Crippen LogP contribution is 2.51. The van der Waals surface area contributed by atoms with E-state index in [0.29, 0.717) is 22.4 Å². The second kappa shape index (κ2) is 5.61. The fourth-order valence-corrected chi connectivity index (χ4v) is 3.72. The smallest absolute Gasteiger partial charge is 0.350 e. The average molecular weight is 296 g/mol. The first-order valence-electron chi connectivity index (χ1n) is 7.02. The molecule has 0 radical (unpaired) electrons. The fourth-order valence-electron chi connectivity index (χ4n) is 2.59. The lowest BCUT2D eigenvalue weighted by Crippen LogP contribution is -2.14. The zero-order valence-electron chi connectivity index (χ0n) is 11.6. The van der Waals surface area contributed by atoms with E-state index in [-0.39, 0.29) is 5.97 Å². The van der Waals surface area contributed by atoms with Gasteiger partial charge in [-0.2, -0.15) is 0 Å². The van der Waals surface area contributed by atoms with Gasteiger partial charge in [-0.1, -0.05) is 0 Å². The Hall–Kier alpha value is -1.27. The van der Waals surface area contributed by atoms with Gasteiger partial charge in [0.05, 0.1) is 24.4 Å². The molecule has 6 heteroatoms. The predicted molar refractivity (Wildman–Crippen MR) is 79.5 cm³/mol. The van der Waals surface area contributed by atoms with Crippen molar-refractivity contribution in [1.29, 1.82) is 0 Å². The van der Waals surface area contributed by atoms with Gasteiger partial charge in [-0.25, -0.2) is 4.79 Å². The highest BCUT2D eigenvalue weighted by molar-refractivity contribution is 7.18. The molecular formula is C14H20N2O3S. The number of nitrogens with one attached hydrogen (secondary N) is 1. The first-order chi connectivity index (χ1) is 9.70. The van der Waals surface area contributed by atoms with E-state index < -0.39 is 0 Å². The van der Waals surface area contributed by atoms with Crippen molar-refractivity contribution >= 4 is 28.0 Å². The number of ether oxygens (including phenoxy) is 2. The molecule has 0 bridgehead atoms. The number of carbonyl (C=O) groups is 1. The van der Waals surface area contributed by atoms with Gasteiger partial charge in [-0.15, -0.1) is 11.3 Å². The van der Waals surface area contributed by atoms with Crippen LogP contribution >= 0.6 is 11.3 Å². The van der Waals surface area contributed by atoms with Gasteiger partial charge < -0.3 is 20.5 Å². The lowest BCUT2D eigenvalue weighted by Gasteiger charge is -2.11. The van der Waals surface area contributed by atoms with Crippen LogP contribution in [0.3, 0.4) is 0 Å². The molecule has 0 aromatic carbocycles. The second-order valence-corrected chi connectivity index (χ2v) is 6.48. The van der Waals surface area contributed by atoms with Crippen molar-refractivity contribution in [1.82, 2.24) is 0 Å². The molecule has 2 fully saturated rings. The Balaban J connectivity index is 1.79. The molecule has 0 amide bonds. The number of anilines is 2. The van der Waals surface area contributed by atoms with E-state index in [1.807, 2.05) is 0 Å². The van der Waals surface area contributed by atoms with Crippen LogP contribution in [0.25, 0.3) is 0 Å². The number of nitrogens with two attached hydrogens (primary N) is 1. The summed E-state index contributed by atoms with van der Waals surface area (Å²) in [6.07, 6.45) is 3.40. The quantitative estimate of drug-likeness (QED) is 0.816. The van der Waals surface area contributed by atoms with E-state index in [0.717, 1.165) is 49.6 Å². The van der Waals surface area contributed by atoms with Gasteiger partial charge in [0.25, 0.3) is 0 Å². The molecule has 1 aliphatic heterocycles. The van der Waals surface area contributed by atoms with Crippen LogP contribution in [0.1, 0.15) is 40.4 Å². The van der Waals surface area contributed by atoms with Crippen molar-refractivity contribution in [3.05, 3.63) is 10.4 Å². The zero-order chi connectivity index (χ0) is 14.1. The molecule has 2 heterocycles. The third kappa shape index (κ3) is 2.62. The fraction of sp³-hybridized carbons (Fsp3) is 0.643. The first-order valence-corrected chi connectivity index (χ1v) is 7.84. The number of methoxy groups -OCH3 is 1. The van der Waals surface area contributed by atoms with E-state index in [9.17, 15) is 4.79 Å². The SMILES string of the molecule is COC(=O)c1sc(NCC2CCOC2)c(C2CC2)c1N. The summed E-state index contributed by atoms with van der Waals surface area (Å²) in [4.78, 5) is 12.3. The third-order valence-corrected chi connectivity index (χ3v) is 5.07. The maximum absolute atomic E-state index is 11.8. The summed E-state index contributed by atoms with van der Waals surface area (Å²) < 4.78 is 10.2. The van der Waals surface area contributed by atoms with Crippen LogP contribution in [-0.2, 0) is 9.47 Å². The molecule has 3 rings (SSSR count). The number of hydrogen-bond acceptors (Lipinski definition) is 6. The van der Waals surface area contributed by atoms with Crippen LogP contribution in [0, 0.1) is 5.92 Å². The molecule has 110 valence electrons. The minimum Gasteiger partial charge on any atom is -0.465 e. The van der Waals surface area contributed by atoms with Crippen LogP contribution in [-0.4, -0.2) is 32.8 Å². The molecule has 3 N–H and O–H groups in total. The number of rotatable bonds is 5. The molecule has 1 atom stereocenters. The number of carbonyl (C=O) groups excluding carboxylic acids is 1. The molecule has 1 saturated carbocycles. The normalized spacial score (nSPS) is 21.9. The largest absolute Gasteiger partial charge is 0.465 e. The summed E-state index contributed by atoms with van der Waals surface area (Å²) in [6.45, 7) is 2.54. The Morgan fingerprint density at radius 3 is 2.90 bits per heavy atom. The van der Waals surface area contributed by atoms with Gasteiger partial charge in [-0.05, 0) is 25.2 Å². The summed E-state index contributed by atoms with van der Waals surface area (Å²) in [5.74, 6) is 0.714.